The van der Waals surface area contributed by atoms with E-state index in [-0.39, 0.29) is 18.1 Å². The quantitative estimate of drug-likeness (QED) is 0.246. The van der Waals surface area contributed by atoms with E-state index in [1.165, 1.54) is 30.9 Å². The van der Waals surface area contributed by atoms with Crippen LogP contribution in [0.15, 0.2) is 90.0 Å². The standard InChI is InChI=1S/C30H25ClN4O4/c1-18(36)23-11-9-21(31)13-24(23)25-15-29(37)35(17-28(25)39-2)27(12-19-6-4-3-5-7-19)30(38)33-22-10-8-20-16-32-34-26(20)14-22/h3-11,13-17,27H,12H2,1-2H3,(H,32,34)(H,33,38). The highest BCUT2D eigenvalue weighted by molar-refractivity contribution is 6.31. The highest BCUT2D eigenvalue weighted by Crippen LogP contribution is 2.34. The molecule has 5 aromatic rings. The molecule has 0 saturated carbocycles. The van der Waals surface area contributed by atoms with Crippen molar-refractivity contribution in [3.05, 3.63) is 112 Å². The molecule has 3 aromatic carbocycles. The van der Waals surface area contributed by atoms with E-state index in [1.54, 1.807) is 36.5 Å². The molecule has 9 heteroatoms. The molecule has 2 heterocycles. The van der Waals surface area contributed by atoms with Crippen molar-refractivity contribution in [3.63, 3.8) is 0 Å². The summed E-state index contributed by atoms with van der Waals surface area (Å²) in [6.45, 7) is 1.45. The van der Waals surface area contributed by atoms with Crippen molar-refractivity contribution in [2.75, 3.05) is 12.4 Å². The Morgan fingerprint density at radius 1 is 1.05 bits per heavy atom. The Kier molecular flexibility index (Phi) is 7.29. The number of nitrogens with one attached hydrogen (secondary N) is 2. The summed E-state index contributed by atoms with van der Waals surface area (Å²) in [6, 6.07) is 20.2. The first-order valence-electron chi connectivity index (χ1n) is 12.2. The maximum atomic E-state index is 13.7. The average molecular weight is 541 g/mol. The lowest BCUT2D eigenvalue weighted by Gasteiger charge is -2.22. The Hall–Kier alpha value is -4.69. The molecule has 1 unspecified atom stereocenters. The number of benzene rings is 3. The molecule has 2 N–H and O–H groups in total. The first kappa shape index (κ1) is 25.9. The summed E-state index contributed by atoms with van der Waals surface area (Å²) in [7, 11) is 1.47. The fourth-order valence-corrected chi connectivity index (χ4v) is 4.76. The number of pyridine rings is 1. The third-order valence-electron chi connectivity index (χ3n) is 6.53. The van der Waals surface area contributed by atoms with E-state index in [0.717, 1.165) is 16.5 Å². The van der Waals surface area contributed by atoms with Gasteiger partial charge in [-0.05, 0) is 54.4 Å². The number of hydrogen-bond donors (Lipinski definition) is 2. The molecule has 196 valence electrons. The van der Waals surface area contributed by atoms with E-state index in [9.17, 15) is 14.4 Å². The Morgan fingerprint density at radius 2 is 1.85 bits per heavy atom. The number of methoxy groups -OCH3 is 1. The Morgan fingerprint density at radius 3 is 2.59 bits per heavy atom. The van der Waals surface area contributed by atoms with Crippen LogP contribution in [0.5, 0.6) is 5.75 Å². The van der Waals surface area contributed by atoms with Crippen LogP contribution < -0.4 is 15.6 Å². The topological polar surface area (TPSA) is 106 Å². The first-order valence-corrected chi connectivity index (χ1v) is 12.6. The zero-order valence-corrected chi connectivity index (χ0v) is 22.0. The predicted octanol–water partition coefficient (Wildman–Crippen LogP) is 5.68. The van der Waals surface area contributed by atoms with Crippen LogP contribution in [0.3, 0.4) is 0 Å². The van der Waals surface area contributed by atoms with Crippen molar-refractivity contribution in [2.45, 2.75) is 19.4 Å². The molecule has 0 saturated heterocycles. The number of hydrogen-bond acceptors (Lipinski definition) is 5. The van der Waals surface area contributed by atoms with Crippen LogP contribution in [0, 0.1) is 0 Å². The van der Waals surface area contributed by atoms with Gasteiger partial charge in [-0.2, -0.15) is 5.10 Å². The van der Waals surface area contributed by atoms with Crippen molar-refractivity contribution in [3.8, 4) is 16.9 Å². The number of anilines is 1. The second-order valence-electron chi connectivity index (χ2n) is 9.11. The van der Waals surface area contributed by atoms with Crippen molar-refractivity contribution < 1.29 is 14.3 Å². The molecular formula is C30H25ClN4O4. The smallest absolute Gasteiger partial charge is 0.252 e. The normalized spacial score (nSPS) is 11.8. The van der Waals surface area contributed by atoms with Gasteiger partial charge in [0.15, 0.2) is 5.78 Å². The van der Waals surface area contributed by atoms with Gasteiger partial charge in [0.1, 0.15) is 11.8 Å². The fourth-order valence-electron chi connectivity index (χ4n) is 4.59. The Labute approximate surface area is 229 Å². The monoisotopic (exact) mass is 540 g/mol. The maximum absolute atomic E-state index is 13.7. The number of aromatic nitrogens is 3. The van der Waals surface area contributed by atoms with Crippen molar-refractivity contribution in [2.24, 2.45) is 0 Å². The van der Waals surface area contributed by atoms with Crippen LogP contribution in [-0.4, -0.2) is 33.6 Å². The Balaban J connectivity index is 1.59. The third kappa shape index (κ3) is 5.46. The van der Waals surface area contributed by atoms with Gasteiger partial charge in [0.2, 0.25) is 5.91 Å². The van der Waals surface area contributed by atoms with E-state index in [1.807, 2.05) is 36.4 Å². The van der Waals surface area contributed by atoms with Gasteiger partial charge >= 0.3 is 0 Å². The minimum absolute atomic E-state index is 0.177. The predicted molar refractivity (Wildman–Crippen MR) is 152 cm³/mol. The molecule has 0 fully saturated rings. The van der Waals surface area contributed by atoms with Crippen molar-refractivity contribution in [1.29, 1.82) is 0 Å². The molecule has 0 aliphatic carbocycles. The Bertz CT molecular complexity index is 1740. The summed E-state index contributed by atoms with van der Waals surface area (Å²) in [5.74, 6) is -0.227. The number of fused-ring (bicyclic) bond motifs is 1. The van der Waals surface area contributed by atoms with Crippen LogP contribution in [-0.2, 0) is 11.2 Å². The molecule has 2 aromatic heterocycles. The number of ketones is 1. The number of carbonyl (C=O) groups is 2. The van der Waals surface area contributed by atoms with Crippen LogP contribution in [0.25, 0.3) is 22.0 Å². The van der Waals surface area contributed by atoms with Crippen LogP contribution in [0.2, 0.25) is 5.02 Å². The average Bonchev–Trinajstić information content (AvgIpc) is 3.40. The number of amides is 1. The largest absolute Gasteiger partial charge is 0.495 e. The van der Waals surface area contributed by atoms with Crippen molar-refractivity contribution in [1.82, 2.24) is 14.8 Å². The molecule has 0 spiro atoms. The first-order chi connectivity index (χ1) is 18.8. The van der Waals surface area contributed by atoms with Crippen LogP contribution >= 0.6 is 11.6 Å². The van der Waals surface area contributed by atoms with Crippen LogP contribution in [0.1, 0.15) is 28.9 Å². The molecule has 1 amide bonds. The number of ether oxygens (including phenoxy) is 1. The van der Waals surface area contributed by atoms with Gasteiger partial charge < -0.3 is 10.1 Å². The molecule has 39 heavy (non-hydrogen) atoms. The zero-order chi connectivity index (χ0) is 27.5. The van der Waals surface area contributed by atoms with Gasteiger partial charge in [-0.15, -0.1) is 0 Å². The summed E-state index contributed by atoms with van der Waals surface area (Å²) in [4.78, 5) is 39.6. The zero-order valence-electron chi connectivity index (χ0n) is 21.3. The van der Waals surface area contributed by atoms with Crippen molar-refractivity contribution >= 4 is 39.9 Å². The fraction of sp³-hybridized carbons (Fsp3) is 0.133. The summed E-state index contributed by atoms with van der Waals surface area (Å²) < 4.78 is 7.01. The highest BCUT2D eigenvalue weighted by Gasteiger charge is 2.25. The second-order valence-corrected chi connectivity index (χ2v) is 9.55. The summed E-state index contributed by atoms with van der Waals surface area (Å²) in [5, 5.41) is 11.2. The molecule has 0 aliphatic heterocycles. The molecule has 8 nitrogen and oxygen atoms in total. The summed E-state index contributed by atoms with van der Waals surface area (Å²) >= 11 is 6.23. The SMILES string of the molecule is COc1cn(C(Cc2ccccc2)C(=O)Nc2ccc3cn[nH]c3c2)c(=O)cc1-c1cc(Cl)ccc1C(C)=O. The van der Waals surface area contributed by atoms with Gasteiger partial charge in [0, 0.05) is 39.7 Å². The molecule has 0 radical (unpaired) electrons. The molecule has 0 aliphatic rings. The van der Waals surface area contributed by atoms with E-state index >= 15 is 0 Å². The van der Waals surface area contributed by atoms with E-state index in [0.29, 0.717) is 33.1 Å². The molecule has 5 rings (SSSR count). The number of H-pyrrole nitrogens is 1. The van der Waals surface area contributed by atoms with Gasteiger partial charge in [0.05, 0.1) is 25.0 Å². The number of nitrogens with zero attached hydrogens (tertiary/aromatic N) is 2. The second kappa shape index (κ2) is 11.0. The number of carbonyl (C=O) groups excluding carboxylic acids is 2. The maximum Gasteiger partial charge on any atom is 0.252 e. The minimum atomic E-state index is -0.896. The van der Waals surface area contributed by atoms with Crippen LogP contribution in [0.4, 0.5) is 5.69 Å². The third-order valence-corrected chi connectivity index (χ3v) is 6.77. The summed E-state index contributed by atoms with van der Waals surface area (Å²) in [5.41, 5.74) is 3.09. The van der Waals surface area contributed by atoms with Gasteiger partial charge in [-0.1, -0.05) is 41.9 Å². The summed E-state index contributed by atoms with van der Waals surface area (Å²) in [6.07, 6.45) is 3.47. The van der Waals surface area contributed by atoms with Gasteiger partial charge in [-0.25, -0.2) is 0 Å². The highest BCUT2D eigenvalue weighted by atomic mass is 35.5. The van der Waals surface area contributed by atoms with E-state index in [2.05, 4.69) is 15.5 Å². The lowest BCUT2D eigenvalue weighted by molar-refractivity contribution is -0.119. The number of halogens is 1. The number of rotatable bonds is 8. The number of aromatic amines is 1. The van der Waals surface area contributed by atoms with E-state index in [4.69, 9.17) is 16.3 Å². The van der Waals surface area contributed by atoms with Gasteiger partial charge in [-0.3, -0.25) is 24.0 Å². The number of Topliss-reactive ketones (excluding diaryl/α,β-unsaturated/α-hetero) is 1. The molecule has 0 bridgehead atoms. The lowest BCUT2D eigenvalue weighted by atomic mass is 9.97. The van der Waals surface area contributed by atoms with Gasteiger partial charge in [0.25, 0.3) is 5.56 Å². The minimum Gasteiger partial charge on any atom is -0.495 e. The molecular weight excluding hydrogens is 516 g/mol. The van der Waals surface area contributed by atoms with E-state index < -0.39 is 11.6 Å². The molecule has 1 atom stereocenters. The lowest BCUT2D eigenvalue weighted by Crippen LogP contribution is -2.34.